The van der Waals surface area contributed by atoms with Crippen LogP contribution in [0.4, 0.5) is 11.4 Å². The van der Waals surface area contributed by atoms with Gasteiger partial charge in [-0.15, -0.1) is 5.53 Å². The number of rotatable bonds is 10. The van der Waals surface area contributed by atoms with Crippen LogP contribution in [0, 0.1) is 11.3 Å². The first-order valence-corrected chi connectivity index (χ1v) is 15.2. The normalized spacial score (nSPS) is 18.2. The highest BCUT2D eigenvalue weighted by Crippen LogP contribution is 2.35. The molecule has 1 aromatic heterocycles. The quantitative estimate of drug-likeness (QED) is 0.224. The van der Waals surface area contributed by atoms with Crippen LogP contribution in [0.1, 0.15) is 66.4 Å². The Morgan fingerprint density at radius 3 is 2.64 bits per heavy atom. The Morgan fingerprint density at radius 2 is 2.00 bits per heavy atom. The van der Waals surface area contributed by atoms with Crippen LogP contribution in [-0.4, -0.2) is 51.6 Å². The fourth-order valence-corrected chi connectivity index (χ4v) is 5.62. The largest absolute Gasteiger partial charge is 0.381 e. The molecule has 0 spiro atoms. The minimum Gasteiger partial charge on any atom is -0.381 e. The number of hydrogen-bond donors (Lipinski definition) is 4. The molecule has 4 rings (SSSR count). The van der Waals surface area contributed by atoms with Crippen molar-refractivity contribution in [3.8, 4) is 6.07 Å². The summed E-state index contributed by atoms with van der Waals surface area (Å²) in [5.74, 6) is 0. The topological polar surface area (TPSA) is 91.3 Å². The summed E-state index contributed by atoms with van der Waals surface area (Å²) in [6.45, 7) is 19.6. The van der Waals surface area contributed by atoms with Crippen molar-refractivity contribution in [2.24, 2.45) is 0 Å². The number of anilines is 2. The number of benzene rings is 1. The van der Waals surface area contributed by atoms with Crippen molar-refractivity contribution >= 4 is 33.9 Å². The van der Waals surface area contributed by atoms with Crippen LogP contribution in [0.3, 0.4) is 0 Å². The summed E-state index contributed by atoms with van der Waals surface area (Å²) >= 11 is 6.78. The smallest absolute Gasteiger partial charge is 0.103 e. The fraction of sp³-hybridized carbons (Fsp3) is 0.455. The minimum absolute atomic E-state index is 0.183. The lowest BCUT2D eigenvalue weighted by molar-refractivity contribution is 0.0570. The second-order valence-electron chi connectivity index (χ2n) is 12.1. The highest BCUT2D eigenvalue weighted by Gasteiger charge is 2.32. The Labute approximate surface area is 256 Å². The maximum atomic E-state index is 9.82. The van der Waals surface area contributed by atoms with Crippen molar-refractivity contribution in [2.45, 2.75) is 84.5 Å². The Kier molecular flexibility index (Phi) is 10.2. The standard InChI is InChI=1S/C33H45ClN8/c1-8-10-11-12-22(3)30(29-21-42(40-39-29)26-13-15-41(16-14-26)33(5,6)7)38-25-17-27-31(37-23(4)9-2)24(19-35)20-36-32(27)28(34)18-25/h8,10-12,17-18,20-21,23,26,30,38-40H,3,9,13-16H2,1-2,4-7H3,(H,36,37)/b10-8-,12-11-/t23-,30+/m1/s1. The second kappa shape index (κ2) is 13.6. The maximum Gasteiger partial charge on any atom is 0.103 e. The Morgan fingerprint density at radius 1 is 1.26 bits per heavy atom. The number of hydrogen-bond acceptors (Lipinski definition) is 8. The van der Waals surface area contributed by atoms with E-state index in [9.17, 15) is 5.26 Å². The van der Waals surface area contributed by atoms with Crippen LogP contribution in [0.2, 0.25) is 5.02 Å². The van der Waals surface area contributed by atoms with E-state index < -0.39 is 0 Å². The fourth-order valence-electron chi connectivity index (χ4n) is 5.36. The van der Waals surface area contributed by atoms with E-state index in [1.54, 1.807) is 6.20 Å². The van der Waals surface area contributed by atoms with Gasteiger partial charge in [-0.3, -0.25) is 14.9 Å². The molecule has 0 aliphatic carbocycles. The Bertz CT molecular complexity index is 1410. The molecule has 2 atom stereocenters. The highest BCUT2D eigenvalue weighted by atomic mass is 35.5. The van der Waals surface area contributed by atoms with Gasteiger partial charge in [-0.2, -0.15) is 5.26 Å². The minimum atomic E-state index is -0.259. The number of halogens is 1. The predicted octanol–water partition coefficient (Wildman–Crippen LogP) is 6.87. The molecule has 2 aliphatic rings. The first-order chi connectivity index (χ1) is 20.0. The summed E-state index contributed by atoms with van der Waals surface area (Å²) in [5.41, 5.74) is 11.5. The molecule has 1 fully saturated rings. The zero-order valence-electron chi connectivity index (χ0n) is 25.8. The molecule has 1 aromatic carbocycles. The van der Waals surface area contributed by atoms with Crippen molar-refractivity contribution in [3.05, 3.63) is 77.3 Å². The molecule has 4 N–H and O–H groups in total. The summed E-state index contributed by atoms with van der Waals surface area (Å²) in [6, 6.07) is 6.49. The van der Waals surface area contributed by atoms with Gasteiger partial charge in [0.2, 0.25) is 0 Å². The lowest BCUT2D eigenvalue weighted by Crippen LogP contribution is -2.52. The van der Waals surface area contributed by atoms with Crippen LogP contribution in [0.15, 0.2) is 66.7 Å². The van der Waals surface area contributed by atoms with Crippen LogP contribution in [0.25, 0.3) is 10.9 Å². The van der Waals surface area contributed by atoms with Gasteiger partial charge in [-0.25, -0.2) is 0 Å². The Hall–Kier alpha value is -3.51. The Balaban J connectivity index is 1.65. The van der Waals surface area contributed by atoms with E-state index >= 15 is 0 Å². The SMILES string of the molecule is C=C(/C=C\C=C/C)[C@H](Nc1cc(Cl)c2ncc(C#N)c(N[C@H](C)CC)c2c1)C1=CN(C2CCN(C(C)(C)C)CC2)NN1. The van der Waals surface area contributed by atoms with Crippen LogP contribution in [0.5, 0.6) is 0 Å². The predicted molar refractivity (Wildman–Crippen MR) is 176 cm³/mol. The summed E-state index contributed by atoms with van der Waals surface area (Å²) in [7, 11) is 0. The molecular formula is C33H45ClN8. The van der Waals surface area contributed by atoms with Gasteiger partial charge in [0.1, 0.15) is 6.07 Å². The molecule has 0 unspecified atom stereocenters. The van der Waals surface area contributed by atoms with Crippen molar-refractivity contribution in [1.82, 2.24) is 25.9 Å². The molecule has 1 saturated heterocycles. The van der Waals surface area contributed by atoms with Crippen LogP contribution < -0.4 is 21.6 Å². The third-order valence-electron chi connectivity index (χ3n) is 8.07. The van der Waals surface area contributed by atoms with Gasteiger partial charge in [-0.1, -0.05) is 49.4 Å². The molecular weight excluding hydrogens is 544 g/mol. The van der Waals surface area contributed by atoms with Gasteiger partial charge in [0.25, 0.3) is 0 Å². The van der Waals surface area contributed by atoms with E-state index in [1.165, 1.54) is 0 Å². The molecule has 2 aromatic rings. The van der Waals surface area contributed by atoms with Gasteiger partial charge in [0.05, 0.1) is 33.5 Å². The zero-order chi connectivity index (χ0) is 30.4. The van der Waals surface area contributed by atoms with Gasteiger partial charge < -0.3 is 16.1 Å². The average Bonchev–Trinajstić information content (AvgIpc) is 3.46. The van der Waals surface area contributed by atoms with E-state index in [0.29, 0.717) is 22.1 Å². The lowest BCUT2D eigenvalue weighted by atomic mass is 9.98. The monoisotopic (exact) mass is 588 g/mol. The number of nitrogens with zero attached hydrogens (tertiary/aromatic N) is 4. The van der Waals surface area contributed by atoms with Gasteiger partial charge in [-0.05, 0) is 71.6 Å². The molecule has 0 radical (unpaired) electrons. The van der Waals surface area contributed by atoms with E-state index in [4.69, 9.17) is 11.6 Å². The third-order valence-corrected chi connectivity index (χ3v) is 8.36. The molecule has 2 aliphatic heterocycles. The lowest BCUT2D eigenvalue weighted by Gasteiger charge is -2.42. The number of nitriles is 1. The molecule has 0 bridgehead atoms. The van der Waals surface area contributed by atoms with Crippen LogP contribution in [-0.2, 0) is 0 Å². The van der Waals surface area contributed by atoms with Gasteiger partial charge in [0.15, 0.2) is 0 Å². The zero-order valence-corrected chi connectivity index (χ0v) is 26.5. The van der Waals surface area contributed by atoms with Crippen molar-refractivity contribution in [1.29, 1.82) is 5.26 Å². The van der Waals surface area contributed by atoms with E-state index in [-0.39, 0.29) is 17.6 Å². The number of pyridine rings is 1. The number of likely N-dealkylation sites (tertiary alicyclic amines) is 1. The molecule has 8 nitrogen and oxygen atoms in total. The first-order valence-electron chi connectivity index (χ1n) is 14.9. The third kappa shape index (κ3) is 7.27. The number of allylic oxidation sites excluding steroid dienone is 3. The summed E-state index contributed by atoms with van der Waals surface area (Å²) < 4.78 is 0. The van der Waals surface area contributed by atoms with Crippen molar-refractivity contribution < 1.29 is 0 Å². The summed E-state index contributed by atoms with van der Waals surface area (Å²) in [5, 5.41) is 20.5. The number of aromatic nitrogens is 1. The van der Waals surface area contributed by atoms with Gasteiger partial charge >= 0.3 is 0 Å². The molecule has 9 heteroatoms. The molecule has 42 heavy (non-hydrogen) atoms. The summed E-state index contributed by atoms with van der Waals surface area (Å²) in [4.78, 5) is 7.06. The molecule has 0 amide bonds. The van der Waals surface area contributed by atoms with Gasteiger partial charge in [0, 0.05) is 54.2 Å². The molecule has 0 saturated carbocycles. The number of piperidine rings is 1. The van der Waals surface area contributed by atoms with Crippen LogP contribution >= 0.6 is 11.6 Å². The highest BCUT2D eigenvalue weighted by molar-refractivity contribution is 6.35. The molecule has 224 valence electrons. The average molecular weight is 589 g/mol. The van der Waals surface area contributed by atoms with E-state index in [0.717, 1.165) is 60.4 Å². The van der Waals surface area contributed by atoms with E-state index in [2.05, 4.69) is 90.0 Å². The second-order valence-corrected chi connectivity index (χ2v) is 12.5. The number of hydrazine groups is 2. The van der Waals surface area contributed by atoms with Crippen molar-refractivity contribution in [3.63, 3.8) is 0 Å². The maximum absolute atomic E-state index is 9.82. The number of nitrogens with one attached hydrogen (secondary N) is 4. The summed E-state index contributed by atoms with van der Waals surface area (Å²) in [6.07, 6.45) is 14.8. The van der Waals surface area contributed by atoms with Crippen molar-refractivity contribution in [2.75, 3.05) is 23.7 Å². The first kappa shape index (κ1) is 31.4. The van der Waals surface area contributed by atoms with E-state index in [1.807, 2.05) is 43.4 Å². The number of fused-ring (bicyclic) bond motifs is 1. The molecule has 3 heterocycles.